The van der Waals surface area contributed by atoms with Crippen LogP contribution in [-0.4, -0.2) is 27.6 Å². The SMILES string of the molecule is CCOC(=O)Cn1cc(C2C=CC=C2)nn1. The Morgan fingerprint density at radius 1 is 1.50 bits per heavy atom. The Hall–Kier alpha value is -1.91. The summed E-state index contributed by atoms with van der Waals surface area (Å²) >= 11 is 0. The molecule has 0 radical (unpaired) electrons. The average molecular weight is 219 g/mol. The Morgan fingerprint density at radius 2 is 2.25 bits per heavy atom. The molecule has 1 aromatic heterocycles. The Labute approximate surface area is 93.4 Å². The van der Waals surface area contributed by atoms with Crippen LogP contribution in [0.15, 0.2) is 30.5 Å². The number of esters is 1. The standard InChI is InChI=1S/C11H13N3O2/c1-2-16-11(15)8-14-7-10(12-13-14)9-5-3-4-6-9/h3-7,9H,2,8H2,1H3. The van der Waals surface area contributed by atoms with Crippen molar-refractivity contribution in [1.29, 1.82) is 0 Å². The van der Waals surface area contributed by atoms with Gasteiger partial charge in [0.05, 0.1) is 18.5 Å². The molecule has 0 spiro atoms. The van der Waals surface area contributed by atoms with E-state index in [-0.39, 0.29) is 18.4 Å². The molecule has 0 unspecified atom stereocenters. The largest absolute Gasteiger partial charge is 0.465 e. The van der Waals surface area contributed by atoms with E-state index in [9.17, 15) is 4.79 Å². The average Bonchev–Trinajstić information content (AvgIpc) is 2.86. The Kier molecular flexibility index (Phi) is 3.14. The minimum atomic E-state index is -0.295. The third-order valence-electron chi connectivity index (χ3n) is 2.24. The highest BCUT2D eigenvalue weighted by Gasteiger charge is 2.12. The summed E-state index contributed by atoms with van der Waals surface area (Å²) in [6.07, 6.45) is 9.75. The predicted octanol–water partition coefficient (Wildman–Crippen LogP) is 1.05. The van der Waals surface area contributed by atoms with Crippen LogP contribution in [0.5, 0.6) is 0 Å². The molecule has 84 valence electrons. The number of carbonyl (C=O) groups is 1. The van der Waals surface area contributed by atoms with E-state index >= 15 is 0 Å². The molecule has 5 nitrogen and oxygen atoms in total. The van der Waals surface area contributed by atoms with Gasteiger partial charge in [0.25, 0.3) is 0 Å². The summed E-state index contributed by atoms with van der Waals surface area (Å²) in [5.74, 6) is -0.118. The van der Waals surface area contributed by atoms with Crippen molar-refractivity contribution in [1.82, 2.24) is 15.0 Å². The second-order valence-electron chi connectivity index (χ2n) is 3.44. The van der Waals surface area contributed by atoms with Crippen LogP contribution >= 0.6 is 0 Å². The fourth-order valence-corrected chi connectivity index (χ4v) is 1.51. The Morgan fingerprint density at radius 3 is 2.94 bits per heavy atom. The van der Waals surface area contributed by atoms with Gasteiger partial charge in [0, 0.05) is 5.92 Å². The molecule has 0 bridgehead atoms. The first-order chi connectivity index (χ1) is 7.79. The van der Waals surface area contributed by atoms with Crippen LogP contribution in [-0.2, 0) is 16.1 Å². The van der Waals surface area contributed by atoms with Gasteiger partial charge in [-0.2, -0.15) is 0 Å². The van der Waals surface area contributed by atoms with Crippen LogP contribution in [0, 0.1) is 0 Å². The lowest BCUT2D eigenvalue weighted by molar-refractivity contribution is -0.144. The number of rotatable bonds is 4. The summed E-state index contributed by atoms with van der Waals surface area (Å²) < 4.78 is 6.32. The van der Waals surface area contributed by atoms with E-state index in [0.717, 1.165) is 5.69 Å². The molecule has 1 heterocycles. The molecule has 0 saturated heterocycles. The zero-order valence-electron chi connectivity index (χ0n) is 9.04. The molecule has 0 saturated carbocycles. The lowest BCUT2D eigenvalue weighted by atomic mass is 10.1. The lowest BCUT2D eigenvalue weighted by Crippen LogP contribution is -2.13. The van der Waals surface area contributed by atoms with Gasteiger partial charge in [0.15, 0.2) is 0 Å². The molecule has 0 amide bonds. The summed E-state index contributed by atoms with van der Waals surface area (Å²) in [4.78, 5) is 11.2. The molecule has 1 aliphatic carbocycles. The van der Waals surface area contributed by atoms with Crippen molar-refractivity contribution in [2.75, 3.05) is 6.61 Å². The smallest absolute Gasteiger partial charge is 0.327 e. The van der Waals surface area contributed by atoms with E-state index in [1.54, 1.807) is 13.1 Å². The number of ether oxygens (including phenoxy) is 1. The molecule has 0 atom stereocenters. The fourth-order valence-electron chi connectivity index (χ4n) is 1.51. The monoisotopic (exact) mass is 219 g/mol. The van der Waals surface area contributed by atoms with E-state index < -0.39 is 0 Å². The highest BCUT2D eigenvalue weighted by Crippen LogP contribution is 2.19. The van der Waals surface area contributed by atoms with E-state index in [2.05, 4.69) is 10.3 Å². The molecular weight excluding hydrogens is 206 g/mol. The Balaban J connectivity index is 1.99. The molecule has 1 aromatic rings. The van der Waals surface area contributed by atoms with Gasteiger partial charge in [0.2, 0.25) is 0 Å². The summed E-state index contributed by atoms with van der Waals surface area (Å²) in [6.45, 7) is 2.27. The minimum Gasteiger partial charge on any atom is -0.465 e. The quantitative estimate of drug-likeness (QED) is 0.710. The number of hydrogen-bond donors (Lipinski definition) is 0. The van der Waals surface area contributed by atoms with Gasteiger partial charge < -0.3 is 4.74 Å². The van der Waals surface area contributed by atoms with Gasteiger partial charge in [-0.3, -0.25) is 4.79 Å². The van der Waals surface area contributed by atoms with Crippen molar-refractivity contribution in [3.05, 3.63) is 36.2 Å². The zero-order valence-corrected chi connectivity index (χ0v) is 9.04. The molecule has 2 rings (SSSR count). The van der Waals surface area contributed by atoms with Crippen molar-refractivity contribution < 1.29 is 9.53 Å². The Bertz CT molecular complexity index is 422. The maximum Gasteiger partial charge on any atom is 0.327 e. The van der Waals surface area contributed by atoms with Gasteiger partial charge in [-0.15, -0.1) is 5.10 Å². The first kappa shape index (κ1) is 10.6. The second-order valence-corrected chi connectivity index (χ2v) is 3.44. The molecule has 1 aliphatic rings. The molecule has 5 heteroatoms. The van der Waals surface area contributed by atoms with Gasteiger partial charge in [-0.1, -0.05) is 29.5 Å². The summed E-state index contributed by atoms with van der Waals surface area (Å²) in [5.41, 5.74) is 0.842. The highest BCUT2D eigenvalue weighted by molar-refractivity contribution is 5.68. The second kappa shape index (κ2) is 4.74. The number of carbonyl (C=O) groups excluding carboxylic acids is 1. The normalized spacial score (nSPS) is 14.6. The van der Waals surface area contributed by atoms with Crippen LogP contribution in [0.1, 0.15) is 18.5 Å². The highest BCUT2D eigenvalue weighted by atomic mass is 16.5. The van der Waals surface area contributed by atoms with Crippen LogP contribution in [0.3, 0.4) is 0 Å². The van der Waals surface area contributed by atoms with Crippen molar-refractivity contribution in [2.45, 2.75) is 19.4 Å². The van der Waals surface area contributed by atoms with Gasteiger partial charge in [-0.05, 0) is 6.92 Å². The van der Waals surface area contributed by atoms with Crippen molar-refractivity contribution in [3.8, 4) is 0 Å². The molecule has 0 N–H and O–H groups in total. The van der Waals surface area contributed by atoms with Crippen LogP contribution in [0.25, 0.3) is 0 Å². The third kappa shape index (κ3) is 2.36. The minimum absolute atomic E-state index is 0.112. The first-order valence-electron chi connectivity index (χ1n) is 5.20. The van der Waals surface area contributed by atoms with Gasteiger partial charge in [-0.25, -0.2) is 4.68 Å². The van der Waals surface area contributed by atoms with Gasteiger partial charge >= 0.3 is 5.97 Å². The van der Waals surface area contributed by atoms with Crippen molar-refractivity contribution in [2.24, 2.45) is 0 Å². The van der Waals surface area contributed by atoms with E-state index in [1.165, 1.54) is 4.68 Å². The van der Waals surface area contributed by atoms with Gasteiger partial charge in [0.1, 0.15) is 6.54 Å². The van der Waals surface area contributed by atoms with E-state index in [1.807, 2.05) is 24.3 Å². The third-order valence-corrected chi connectivity index (χ3v) is 2.24. The predicted molar refractivity (Wildman–Crippen MR) is 57.7 cm³/mol. The zero-order chi connectivity index (χ0) is 11.4. The fraction of sp³-hybridized carbons (Fsp3) is 0.364. The van der Waals surface area contributed by atoms with E-state index in [0.29, 0.717) is 6.61 Å². The van der Waals surface area contributed by atoms with Crippen molar-refractivity contribution >= 4 is 5.97 Å². The first-order valence-corrected chi connectivity index (χ1v) is 5.20. The summed E-state index contributed by atoms with van der Waals surface area (Å²) in [5, 5.41) is 7.90. The summed E-state index contributed by atoms with van der Waals surface area (Å²) in [7, 11) is 0. The maximum absolute atomic E-state index is 11.2. The van der Waals surface area contributed by atoms with E-state index in [4.69, 9.17) is 4.74 Å². The maximum atomic E-state index is 11.2. The molecule has 0 aromatic carbocycles. The lowest BCUT2D eigenvalue weighted by Gasteiger charge is -2.00. The van der Waals surface area contributed by atoms with Crippen LogP contribution < -0.4 is 0 Å². The number of allylic oxidation sites excluding steroid dienone is 4. The van der Waals surface area contributed by atoms with Crippen LogP contribution in [0.4, 0.5) is 0 Å². The van der Waals surface area contributed by atoms with Crippen molar-refractivity contribution in [3.63, 3.8) is 0 Å². The molecular formula is C11H13N3O2. The molecule has 16 heavy (non-hydrogen) atoms. The number of hydrogen-bond acceptors (Lipinski definition) is 4. The number of nitrogens with zero attached hydrogens (tertiary/aromatic N) is 3. The topological polar surface area (TPSA) is 57.0 Å². The number of aromatic nitrogens is 3. The summed E-state index contributed by atoms with van der Waals surface area (Å²) in [6, 6.07) is 0. The molecule has 0 aliphatic heterocycles. The van der Waals surface area contributed by atoms with Crippen LogP contribution in [0.2, 0.25) is 0 Å². The molecule has 0 fully saturated rings.